The molecule has 0 unspecified atom stereocenters. The van der Waals surface area contributed by atoms with Crippen LogP contribution in [0.5, 0.6) is 23.0 Å². The van der Waals surface area contributed by atoms with Crippen molar-refractivity contribution in [3.8, 4) is 67.5 Å². The Morgan fingerprint density at radius 1 is 0.597 bits per heavy atom. The van der Waals surface area contributed by atoms with Gasteiger partial charge in [0.25, 0.3) is 11.8 Å². The molecule has 4 N–H and O–H groups in total. The molecular weight excluding hydrogens is 907 g/mol. The van der Waals surface area contributed by atoms with Gasteiger partial charge in [-0.25, -0.2) is 0 Å². The van der Waals surface area contributed by atoms with Gasteiger partial charge < -0.3 is 38.7 Å². The molecule has 0 spiro atoms. The quantitative estimate of drug-likeness (QED) is 0.0651. The molecule has 5 aromatic carbocycles. The molecule has 1 aliphatic rings. The number of ether oxygens (including phenoxy) is 4. The number of nitrogens with one attached hydrogen (secondary N) is 4. The highest BCUT2D eigenvalue weighted by molar-refractivity contribution is 6.12. The zero-order valence-electron chi connectivity index (χ0n) is 39.9. The van der Waals surface area contributed by atoms with Crippen LogP contribution < -0.4 is 18.9 Å². The van der Waals surface area contributed by atoms with Crippen LogP contribution >= 0.6 is 0 Å². The number of carbonyl (C=O) groups excluding carboxylic acids is 2. The molecule has 1 aliphatic carbocycles. The third kappa shape index (κ3) is 9.10. The molecule has 15 heteroatoms. The molecule has 10 aromatic rings. The number of fused-ring (bicyclic) bond motifs is 2. The van der Waals surface area contributed by atoms with Crippen LogP contribution in [0.1, 0.15) is 45.1 Å². The Labute approximate surface area is 414 Å². The number of nitrogens with zero attached hydrogens (tertiary/aromatic N) is 5. The monoisotopic (exact) mass is 957 g/mol. The summed E-state index contributed by atoms with van der Waals surface area (Å²) in [4.78, 5) is 45.4. The number of carbonyl (C=O) groups is 2. The standard InChI is InChI=1S/C57H51N9O6/c1-69-44-11-6-8-35(24-44)33-65(56(67)54-52(38-9-7-12-45(25-38)70-2)46-18-13-36(26-48(46)63-54)40-29-59-60-30-40)22-23-72-50-20-15-39(28-51(50)71-3)53-47-19-14-37(41-31-61-62-32-41)27-49(47)64-55(53)57(68)66(43-16-17-43)34-42-10-4-5-21-58-42/h4-15,18-21,24-32,43,63-64H,16-17,22-23,33-34H2,1-3H3,(H,59,60)(H,61,62). The summed E-state index contributed by atoms with van der Waals surface area (Å²) in [5.74, 6) is 1.97. The van der Waals surface area contributed by atoms with E-state index in [1.165, 1.54) is 0 Å². The minimum atomic E-state index is -0.224. The van der Waals surface area contributed by atoms with E-state index < -0.39 is 0 Å². The molecule has 360 valence electrons. The highest BCUT2D eigenvalue weighted by atomic mass is 16.5. The summed E-state index contributed by atoms with van der Waals surface area (Å²) in [7, 11) is 4.85. The largest absolute Gasteiger partial charge is 0.497 e. The van der Waals surface area contributed by atoms with Gasteiger partial charge in [0.1, 0.15) is 29.5 Å². The number of aromatic amines is 4. The van der Waals surface area contributed by atoms with Gasteiger partial charge in [-0.3, -0.25) is 24.8 Å². The third-order valence-electron chi connectivity index (χ3n) is 13.2. The molecule has 72 heavy (non-hydrogen) atoms. The number of H-pyrrole nitrogens is 4. The average Bonchev–Trinajstić information content (AvgIpc) is 3.83. The first-order chi connectivity index (χ1) is 35.3. The van der Waals surface area contributed by atoms with E-state index in [9.17, 15) is 4.79 Å². The van der Waals surface area contributed by atoms with Crippen LogP contribution in [0.15, 0.2) is 152 Å². The number of aromatic nitrogens is 7. The maximum Gasteiger partial charge on any atom is 0.271 e. The van der Waals surface area contributed by atoms with Crippen LogP contribution in [-0.2, 0) is 13.1 Å². The lowest BCUT2D eigenvalue weighted by Crippen LogP contribution is -2.34. The van der Waals surface area contributed by atoms with Crippen molar-refractivity contribution in [2.75, 3.05) is 34.5 Å². The summed E-state index contributed by atoms with van der Waals surface area (Å²) in [5.41, 5.74) is 11.1. The summed E-state index contributed by atoms with van der Waals surface area (Å²) < 4.78 is 23.8. The Hall–Kier alpha value is -9.11. The second kappa shape index (κ2) is 19.7. The highest BCUT2D eigenvalue weighted by Gasteiger charge is 2.36. The molecule has 1 saturated carbocycles. The predicted molar refractivity (Wildman–Crippen MR) is 276 cm³/mol. The van der Waals surface area contributed by atoms with Gasteiger partial charge in [-0.1, -0.05) is 60.7 Å². The number of benzene rings is 5. The number of amides is 2. The average molecular weight is 958 g/mol. The Morgan fingerprint density at radius 2 is 1.24 bits per heavy atom. The lowest BCUT2D eigenvalue weighted by Gasteiger charge is -2.24. The summed E-state index contributed by atoms with van der Waals surface area (Å²) in [6.45, 7) is 0.993. The number of rotatable bonds is 18. The molecule has 11 rings (SSSR count). The second-order valence-electron chi connectivity index (χ2n) is 17.8. The first-order valence-electron chi connectivity index (χ1n) is 23.7. The van der Waals surface area contributed by atoms with Crippen molar-refractivity contribution < 1.29 is 28.5 Å². The lowest BCUT2D eigenvalue weighted by molar-refractivity contribution is 0.0708. The Morgan fingerprint density at radius 3 is 1.85 bits per heavy atom. The van der Waals surface area contributed by atoms with Gasteiger partial charge in [-0.15, -0.1) is 0 Å². The van der Waals surface area contributed by atoms with Gasteiger partial charge in [0.2, 0.25) is 0 Å². The molecule has 2 amide bonds. The predicted octanol–water partition coefficient (Wildman–Crippen LogP) is 10.7. The number of methoxy groups -OCH3 is 3. The van der Waals surface area contributed by atoms with Crippen LogP contribution in [0.2, 0.25) is 0 Å². The maximum atomic E-state index is 15.2. The van der Waals surface area contributed by atoms with E-state index >= 15 is 4.79 Å². The molecular formula is C57H51N9O6. The zero-order chi connectivity index (χ0) is 49.1. The van der Waals surface area contributed by atoms with E-state index in [0.717, 1.165) is 90.4 Å². The van der Waals surface area contributed by atoms with E-state index in [1.807, 2.05) is 139 Å². The topological polar surface area (TPSA) is 179 Å². The fourth-order valence-corrected chi connectivity index (χ4v) is 9.44. The van der Waals surface area contributed by atoms with Crippen LogP contribution in [0.3, 0.4) is 0 Å². The number of hydrogen-bond acceptors (Lipinski definition) is 9. The minimum Gasteiger partial charge on any atom is -0.497 e. The smallest absolute Gasteiger partial charge is 0.271 e. The van der Waals surface area contributed by atoms with Gasteiger partial charge >= 0.3 is 0 Å². The summed E-state index contributed by atoms with van der Waals surface area (Å²) in [6, 6.07) is 39.2. The Kier molecular flexibility index (Phi) is 12.4. The molecule has 0 radical (unpaired) electrons. The molecule has 0 atom stereocenters. The summed E-state index contributed by atoms with van der Waals surface area (Å²) >= 11 is 0. The second-order valence-corrected chi connectivity index (χ2v) is 17.8. The van der Waals surface area contributed by atoms with Gasteiger partial charge in [0, 0.05) is 75.2 Å². The van der Waals surface area contributed by atoms with E-state index in [2.05, 4.69) is 35.3 Å². The van der Waals surface area contributed by atoms with Gasteiger partial charge in [0.15, 0.2) is 11.5 Å². The van der Waals surface area contributed by atoms with Crippen molar-refractivity contribution in [3.63, 3.8) is 0 Å². The van der Waals surface area contributed by atoms with Gasteiger partial charge in [-0.2, -0.15) is 10.2 Å². The van der Waals surface area contributed by atoms with Crippen molar-refractivity contribution in [2.45, 2.75) is 32.0 Å². The molecule has 15 nitrogen and oxygen atoms in total. The van der Waals surface area contributed by atoms with E-state index in [4.69, 9.17) is 18.9 Å². The van der Waals surface area contributed by atoms with Crippen LogP contribution in [0.25, 0.3) is 66.3 Å². The van der Waals surface area contributed by atoms with Gasteiger partial charge in [0.05, 0.1) is 52.5 Å². The molecule has 0 saturated heterocycles. The summed E-state index contributed by atoms with van der Waals surface area (Å²) in [5, 5.41) is 15.9. The Bertz CT molecular complexity index is 3550. The third-order valence-corrected chi connectivity index (χ3v) is 13.2. The Balaban J connectivity index is 0.925. The summed E-state index contributed by atoms with van der Waals surface area (Å²) in [6.07, 6.45) is 10.8. The first-order valence-corrected chi connectivity index (χ1v) is 23.7. The van der Waals surface area contributed by atoms with E-state index in [0.29, 0.717) is 40.9 Å². The molecule has 1 fully saturated rings. The van der Waals surface area contributed by atoms with Crippen molar-refractivity contribution in [3.05, 3.63) is 175 Å². The molecule has 0 aliphatic heterocycles. The number of hydrogen-bond donors (Lipinski definition) is 4. The molecule has 5 heterocycles. The lowest BCUT2D eigenvalue weighted by atomic mass is 9.99. The maximum absolute atomic E-state index is 15.2. The van der Waals surface area contributed by atoms with Crippen LogP contribution in [0, 0.1) is 0 Å². The SMILES string of the molecule is COc1cccc(CN(CCOc2ccc(-c3c(C(=O)N(Cc4ccccn4)C4CC4)[nH]c4cc(-c5cn[nH]c5)ccc34)cc2OC)C(=O)c2[nH]c3cc(-c4cn[nH]c4)ccc3c2-c2cccc(OC)c2)c1. The zero-order valence-corrected chi connectivity index (χ0v) is 39.9. The van der Waals surface area contributed by atoms with Crippen LogP contribution in [-0.4, -0.2) is 97.5 Å². The molecule has 5 aromatic heterocycles. The highest BCUT2D eigenvalue weighted by Crippen LogP contribution is 2.42. The number of pyridine rings is 1. The van der Waals surface area contributed by atoms with Crippen molar-refractivity contribution >= 4 is 33.6 Å². The van der Waals surface area contributed by atoms with E-state index in [-0.39, 0.29) is 37.6 Å². The van der Waals surface area contributed by atoms with Crippen LogP contribution in [0.4, 0.5) is 0 Å². The van der Waals surface area contributed by atoms with Crippen molar-refractivity contribution in [2.24, 2.45) is 0 Å². The van der Waals surface area contributed by atoms with E-state index in [1.54, 1.807) is 44.8 Å². The van der Waals surface area contributed by atoms with Crippen molar-refractivity contribution in [1.29, 1.82) is 0 Å². The first kappa shape index (κ1) is 45.3. The fraction of sp³-hybridized carbons (Fsp3) is 0.175. The normalized spacial score (nSPS) is 12.3. The van der Waals surface area contributed by atoms with Gasteiger partial charge in [-0.05, 0) is 101 Å². The molecule has 0 bridgehead atoms. The van der Waals surface area contributed by atoms with Crippen molar-refractivity contribution in [1.82, 2.24) is 45.1 Å². The minimum absolute atomic E-state index is 0.109. The fourth-order valence-electron chi connectivity index (χ4n) is 9.44.